The van der Waals surface area contributed by atoms with Crippen molar-refractivity contribution < 1.29 is 13.9 Å². The lowest BCUT2D eigenvalue weighted by Crippen LogP contribution is -2.37. The van der Waals surface area contributed by atoms with Gasteiger partial charge in [-0.05, 0) is 24.1 Å². The van der Waals surface area contributed by atoms with E-state index in [2.05, 4.69) is 4.90 Å². The van der Waals surface area contributed by atoms with Crippen molar-refractivity contribution in [2.75, 3.05) is 47.1 Å². The average Bonchev–Trinajstić information content (AvgIpc) is 2.45. The molecule has 1 rings (SSSR count). The second-order valence-electron chi connectivity index (χ2n) is 4.68. The summed E-state index contributed by atoms with van der Waals surface area (Å²) in [4.78, 5) is 2.22. The number of ether oxygens (including phenoxy) is 2. The topological polar surface area (TPSA) is 47.7 Å². The quantitative estimate of drug-likeness (QED) is 0.666. The summed E-state index contributed by atoms with van der Waals surface area (Å²) in [6.07, 6.45) is 0.909. The van der Waals surface area contributed by atoms with E-state index in [4.69, 9.17) is 15.2 Å². The zero-order valence-corrected chi connectivity index (χ0v) is 12.3. The van der Waals surface area contributed by atoms with Crippen LogP contribution in [-0.4, -0.2) is 52.0 Å². The molecule has 0 saturated carbocycles. The highest BCUT2D eigenvalue weighted by Gasteiger charge is 2.19. The third-order valence-electron chi connectivity index (χ3n) is 3.27. The van der Waals surface area contributed by atoms with Crippen LogP contribution in [0.3, 0.4) is 0 Å². The molecule has 0 aliphatic heterocycles. The van der Waals surface area contributed by atoms with Gasteiger partial charge in [-0.15, -0.1) is 0 Å². The Balaban J connectivity index is 2.77. The van der Waals surface area contributed by atoms with Crippen LogP contribution in [0.2, 0.25) is 0 Å². The van der Waals surface area contributed by atoms with Crippen LogP contribution in [0.1, 0.15) is 18.0 Å². The Morgan fingerprint density at radius 3 is 2.55 bits per heavy atom. The first kappa shape index (κ1) is 17.0. The van der Waals surface area contributed by atoms with Crippen molar-refractivity contribution in [3.05, 3.63) is 35.6 Å². The van der Waals surface area contributed by atoms with Gasteiger partial charge in [0.1, 0.15) is 5.82 Å². The summed E-state index contributed by atoms with van der Waals surface area (Å²) in [6, 6.07) is 6.63. The number of hydrogen-bond donors (Lipinski definition) is 1. The summed E-state index contributed by atoms with van der Waals surface area (Å²) in [5.41, 5.74) is 6.80. The predicted octanol–water partition coefficient (Wildman–Crippen LogP) is 1.81. The molecule has 0 aromatic heterocycles. The molecule has 114 valence electrons. The Hall–Kier alpha value is -1.01. The SMILES string of the molecule is COCCCN(CCOC)C(CN)c1cccc(F)c1. The summed E-state index contributed by atoms with van der Waals surface area (Å²) in [7, 11) is 3.36. The van der Waals surface area contributed by atoms with Gasteiger partial charge in [-0.25, -0.2) is 4.39 Å². The molecular formula is C15H25FN2O2. The minimum absolute atomic E-state index is 0.00212. The fourth-order valence-electron chi connectivity index (χ4n) is 2.25. The van der Waals surface area contributed by atoms with Crippen LogP contribution in [-0.2, 0) is 9.47 Å². The molecule has 1 unspecified atom stereocenters. The van der Waals surface area contributed by atoms with Gasteiger partial charge >= 0.3 is 0 Å². The molecule has 2 N–H and O–H groups in total. The Labute approximate surface area is 120 Å². The van der Waals surface area contributed by atoms with E-state index in [1.165, 1.54) is 6.07 Å². The van der Waals surface area contributed by atoms with E-state index in [1.54, 1.807) is 26.4 Å². The van der Waals surface area contributed by atoms with Crippen molar-refractivity contribution in [3.63, 3.8) is 0 Å². The molecule has 0 aliphatic rings. The van der Waals surface area contributed by atoms with Gasteiger partial charge in [0.15, 0.2) is 0 Å². The fourth-order valence-corrected chi connectivity index (χ4v) is 2.25. The molecule has 4 nitrogen and oxygen atoms in total. The minimum atomic E-state index is -0.232. The first-order valence-electron chi connectivity index (χ1n) is 6.90. The smallest absolute Gasteiger partial charge is 0.123 e. The standard InChI is InChI=1S/C15H25FN2O2/c1-19-9-4-7-18(8-10-20-2)15(12-17)13-5-3-6-14(16)11-13/h3,5-6,11,15H,4,7-10,12,17H2,1-2H3. The molecule has 0 fully saturated rings. The van der Waals surface area contributed by atoms with Crippen LogP contribution in [0.4, 0.5) is 4.39 Å². The minimum Gasteiger partial charge on any atom is -0.385 e. The van der Waals surface area contributed by atoms with E-state index in [-0.39, 0.29) is 11.9 Å². The van der Waals surface area contributed by atoms with E-state index in [0.29, 0.717) is 19.8 Å². The zero-order chi connectivity index (χ0) is 14.8. The molecule has 0 amide bonds. The Bertz CT molecular complexity index is 377. The van der Waals surface area contributed by atoms with Crippen molar-refractivity contribution in [2.24, 2.45) is 5.73 Å². The fraction of sp³-hybridized carbons (Fsp3) is 0.600. The second kappa shape index (κ2) is 9.83. The molecule has 1 aromatic rings. The summed E-state index contributed by atoms with van der Waals surface area (Å²) in [6.45, 7) is 3.37. The van der Waals surface area contributed by atoms with Crippen molar-refractivity contribution in [3.8, 4) is 0 Å². The maximum atomic E-state index is 13.4. The van der Waals surface area contributed by atoms with Crippen LogP contribution < -0.4 is 5.73 Å². The largest absolute Gasteiger partial charge is 0.385 e. The van der Waals surface area contributed by atoms with Gasteiger partial charge in [0, 0.05) is 46.5 Å². The van der Waals surface area contributed by atoms with E-state index < -0.39 is 0 Å². The van der Waals surface area contributed by atoms with Gasteiger partial charge < -0.3 is 15.2 Å². The van der Waals surface area contributed by atoms with E-state index in [1.807, 2.05) is 6.07 Å². The van der Waals surface area contributed by atoms with Crippen molar-refractivity contribution in [1.82, 2.24) is 4.90 Å². The van der Waals surface area contributed by atoms with E-state index in [9.17, 15) is 4.39 Å². The van der Waals surface area contributed by atoms with Crippen LogP contribution in [0.25, 0.3) is 0 Å². The Kier molecular flexibility index (Phi) is 8.37. The molecule has 0 radical (unpaired) electrons. The highest BCUT2D eigenvalue weighted by molar-refractivity contribution is 5.20. The highest BCUT2D eigenvalue weighted by atomic mass is 19.1. The highest BCUT2D eigenvalue weighted by Crippen LogP contribution is 2.20. The lowest BCUT2D eigenvalue weighted by molar-refractivity contribution is 0.108. The maximum absolute atomic E-state index is 13.4. The number of rotatable bonds is 10. The van der Waals surface area contributed by atoms with Gasteiger partial charge in [0.2, 0.25) is 0 Å². The molecule has 5 heteroatoms. The molecule has 20 heavy (non-hydrogen) atoms. The molecule has 0 saturated heterocycles. The molecule has 0 spiro atoms. The summed E-state index contributed by atoms with van der Waals surface area (Å²) in [5, 5.41) is 0. The third-order valence-corrected chi connectivity index (χ3v) is 3.27. The molecule has 0 aliphatic carbocycles. The molecule has 0 bridgehead atoms. The van der Waals surface area contributed by atoms with Crippen LogP contribution in [0.5, 0.6) is 0 Å². The second-order valence-corrected chi connectivity index (χ2v) is 4.68. The van der Waals surface area contributed by atoms with Gasteiger partial charge in [0.05, 0.1) is 6.61 Å². The van der Waals surface area contributed by atoms with E-state index >= 15 is 0 Å². The predicted molar refractivity (Wildman–Crippen MR) is 78.1 cm³/mol. The van der Waals surface area contributed by atoms with Gasteiger partial charge in [-0.3, -0.25) is 4.90 Å². The molecule has 0 heterocycles. The van der Waals surface area contributed by atoms with Crippen molar-refractivity contribution in [1.29, 1.82) is 0 Å². The van der Waals surface area contributed by atoms with Crippen LogP contribution in [0, 0.1) is 5.82 Å². The Morgan fingerprint density at radius 1 is 1.20 bits per heavy atom. The van der Waals surface area contributed by atoms with Crippen molar-refractivity contribution in [2.45, 2.75) is 12.5 Å². The first-order chi connectivity index (χ1) is 9.72. The van der Waals surface area contributed by atoms with Crippen molar-refractivity contribution >= 4 is 0 Å². The molecule has 1 atom stereocenters. The zero-order valence-electron chi connectivity index (χ0n) is 12.3. The monoisotopic (exact) mass is 284 g/mol. The first-order valence-corrected chi connectivity index (χ1v) is 6.90. The lowest BCUT2D eigenvalue weighted by atomic mass is 10.0. The normalized spacial score (nSPS) is 12.8. The summed E-state index contributed by atoms with van der Waals surface area (Å²) >= 11 is 0. The van der Waals surface area contributed by atoms with E-state index in [0.717, 1.165) is 25.1 Å². The number of methoxy groups -OCH3 is 2. The van der Waals surface area contributed by atoms with Gasteiger partial charge in [-0.1, -0.05) is 12.1 Å². The Morgan fingerprint density at radius 2 is 1.95 bits per heavy atom. The molecule has 1 aromatic carbocycles. The third kappa shape index (κ3) is 5.54. The summed E-state index contributed by atoms with van der Waals surface area (Å²) < 4.78 is 23.6. The van der Waals surface area contributed by atoms with Gasteiger partial charge in [0.25, 0.3) is 0 Å². The number of nitrogens with two attached hydrogens (primary N) is 1. The van der Waals surface area contributed by atoms with Gasteiger partial charge in [-0.2, -0.15) is 0 Å². The number of benzene rings is 1. The lowest BCUT2D eigenvalue weighted by Gasteiger charge is -2.31. The average molecular weight is 284 g/mol. The van der Waals surface area contributed by atoms with Crippen LogP contribution >= 0.6 is 0 Å². The molecular weight excluding hydrogens is 259 g/mol. The van der Waals surface area contributed by atoms with Crippen LogP contribution in [0.15, 0.2) is 24.3 Å². The number of nitrogens with zero attached hydrogens (tertiary/aromatic N) is 1. The number of halogens is 1. The number of hydrogen-bond acceptors (Lipinski definition) is 4. The summed E-state index contributed by atoms with van der Waals surface area (Å²) in [5.74, 6) is -0.232. The maximum Gasteiger partial charge on any atom is 0.123 e.